The Hall–Kier alpha value is -3.38. The van der Waals surface area contributed by atoms with Crippen LogP contribution >= 0.6 is 11.8 Å². The third-order valence-electron chi connectivity index (χ3n) is 5.24. The molecule has 0 atom stereocenters. The second-order valence-corrected chi connectivity index (χ2v) is 8.47. The number of aromatic nitrogens is 2. The van der Waals surface area contributed by atoms with Gasteiger partial charge in [-0.25, -0.2) is 9.97 Å². The zero-order valence-electron chi connectivity index (χ0n) is 17.4. The first-order valence-corrected chi connectivity index (χ1v) is 11.3. The summed E-state index contributed by atoms with van der Waals surface area (Å²) in [7, 11) is 0. The number of benzene rings is 2. The van der Waals surface area contributed by atoms with E-state index in [1.54, 1.807) is 30.3 Å². The summed E-state index contributed by atoms with van der Waals surface area (Å²) in [6.45, 7) is 0. The van der Waals surface area contributed by atoms with Gasteiger partial charge in [0.1, 0.15) is 0 Å². The van der Waals surface area contributed by atoms with E-state index in [9.17, 15) is 18.0 Å². The lowest BCUT2D eigenvalue weighted by atomic mass is 9.88. The molecule has 0 aliphatic heterocycles. The van der Waals surface area contributed by atoms with E-state index in [1.165, 1.54) is 0 Å². The average Bonchev–Trinajstić information content (AvgIpc) is 2.80. The number of nitriles is 1. The average molecular weight is 469 g/mol. The summed E-state index contributed by atoms with van der Waals surface area (Å²) in [5, 5.41) is 11.4. The van der Waals surface area contributed by atoms with E-state index in [2.05, 4.69) is 21.4 Å². The van der Waals surface area contributed by atoms with Crippen molar-refractivity contribution in [1.29, 1.82) is 5.26 Å². The summed E-state index contributed by atoms with van der Waals surface area (Å²) in [6.07, 6.45) is -2.96. The van der Waals surface area contributed by atoms with Crippen LogP contribution in [0.15, 0.2) is 53.7 Å². The fraction of sp³-hybridized carbons (Fsp3) is 0.250. The normalized spacial score (nSPS) is 12.4. The molecule has 9 heteroatoms. The summed E-state index contributed by atoms with van der Waals surface area (Å²) in [5.74, 6) is -0.520. The number of fused-ring (bicyclic) bond motifs is 3. The van der Waals surface area contributed by atoms with Crippen LogP contribution in [0.4, 0.5) is 18.9 Å². The molecule has 1 aliphatic rings. The molecule has 1 N–H and O–H groups in total. The molecule has 1 aliphatic carbocycles. The minimum atomic E-state index is -4.61. The summed E-state index contributed by atoms with van der Waals surface area (Å²) < 4.78 is 41.2. The van der Waals surface area contributed by atoms with E-state index in [-0.39, 0.29) is 34.5 Å². The van der Waals surface area contributed by atoms with Crippen molar-refractivity contribution in [3.63, 3.8) is 0 Å². The molecular formula is C24H19F3N4OS. The number of rotatable bonds is 6. The van der Waals surface area contributed by atoms with Crippen LogP contribution < -0.4 is 5.32 Å². The maximum atomic E-state index is 13.7. The number of anilines is 1. The number of nitrogens with zero attached hydrogens (tertiary/aromatic N) is 3. The van der Waals surface area contributed by atoms with Crippen molar-refractivity contribution in [2.75, 3.05) is 11.1 Å². The fourth-order valence-corrected chi connectivity index (χ4v) is 4.43. The maximum Gasteiger partial charge on any atom is 0.433 e. The maximum absolute atomic E-state index is 13.7. The molecule has 0 unspecified atom stereocenters. The molecule has 1 aromatic heterocycles. The van der Waals surface area contributed by atoms with Crippen LogP contribution in [0.25, 0.3) is 11.3 Å². The summed E-state index contributed by atoms with van der Waals surface area (Å²) in [4.78, 5) is 20.6. The molecule has 0 bridgehead atoms. The van der Waals surface area contributed by atoms with Crippen molar-refractivity contribution in [3.05, 3.63) is 70.9 Å². The molecule has 0 radical (unpaired) electrons. The molecule has 0 saturated heterocycles. The van der Waals surface area contributed by atoms with Gasteiger partial charge in [0.05, 0.1) is 17.5 Å². The Bertz CT molecular complexity index is 1240. The van der Waals surface area contributed by atoms with Crippen molar-refractivity contribution in [2.24, 2.45) is 0 Å². The fourth-order valence-electron chi connectivity index (χ4n) is 3.78. The standard InChI is InChI=1S/C24H19F3N4OS/c25-24(26,27)22-19-11-10-16-7-1-2-9-18(16)21(19)30-23(31-22)33-14-20(32)29-17-8-3-5-15(13-17)6-4-12-28/h1-3,5,7-9,13H,4,6,10-11,14H2,(H,29,32). The topological polar surface area (TPSA) is 78.7 Å². The lowest BCUT2D eigenvalue weighted by Gasteiger charge is -2.22. The summed E-state index contributed by atoms with van der Waals surface area (Å²) in [5.41, 5.74) is 2.54. The number of alkyl halides is 3. The Morgan fingerprint density at radius 2 is 1.94 bits per heavy atom. The van der Waals surface area contributed by atoms with E-state index in [4.69, 9.17) is 5.26 Å². The second-order valence-electron chi connectivity index (χ2n) is 7.53. The Morgan fingerprint density at radius 3 is 2.73 bits per heavy atom. The lowest BCUT2D eigenvalue weighted by Crippen LogP contribution is -2.19. The van der Waals surface area contributed by atoms with Gasteiger partial charge in [0.25, 0.3) is 0 Å². The Kier molecular flexibility index (Phi) is 6.65. The van der Waals surface area contributed by atoms with Crippen molar-refractivity contribution in [1.82, 2.24) is 9.97 Å². The van der Waals surface area contributed by atoms with E-state index in [1.807, 2.05) is 18.2 Å². The van der Waals surface area contributed by atoms with Gasteiger partial charge >= 0.3 is 6.18 Å². The predicted molar refractivity (Wildman–Crippen MR) is 120 cm³/mol. The van der Waals surface area contributed by atoms with E-state index in [0.29, 0.717) is 30.5 Å². The molecule has 0 fully saturated rings. The van der Waals surface area contributed by atoms with E-state index < -0.39 is 11.9 Å². The zero-order valence-corrected chi connectivity index (χ0v) is 18.3. The quantitative estimate of drug-likeness (QED) is 0.385. The highest BCUT2D eigenvalue weighted by molar-refractivity contribution is 7.99. The minimum absolute atomic E-state index is 0.0873. The van der Waals surface area contributed by atoms with Crippen LogP contribution in [0.3, 0.4) is 0 Å². The Labute approximate surface area is 193 Å². The first kappa shape index (κ1) is 22.8. The van der Waals surface area contributed by atoms with Gasteiger partial charge in [0, 0.05) is 23.2 Å². The number of carbonyl (C=O) groups is 1. The van der Waals surface area contributed by atoms with Gasteiger partial charge < -0.3 is 5.32 Å². The van der Waals surface area contributed by atoms with Crippen molar-refractivity contribution in [2.45, 2.75) is 37.0 Å². The van der Waals surface area contributed by atoms with Crippen LogP contribution in [0.5, 0.6) is 0 Å². The smallest absolute Gasteiger partial charge is 0.325 e. The van der Waals surface area contributed by atoms with Crippen molar-refractivity contribution in [3.8, 4) is 17.3 Å². The number of halogens is 3. The zero-order chi connectivity index (χ0) is 23.4. The molecular weight excluding hydrogens is 449 g/mol. The molecule has 1 heterocycles. The number of aryl methyl sites for hydroxylation is 2. The largest absolute Gasteiger partial charge is 0.433 e. The molecule has 5 nitrogen and oxygen atoms in total. The summed E-state index contributed by atoms with van der Waals surface area (Å²) in [6, 6.07) is 16.5. The number of carbonyl (C=O) groups excluding carboxylic acids is 1. The number of amides is 1. The van der Waals surface area contributed by atoms with Crippen LogP contribution in [-0.4, -0.2) is 21.6 Å². The Balaban J connectivity index is 1.53. The highest BCUT2D eigenvalue weighted by atomic mass is 32.2. The molecule has 33 heavy (non-hydrogen) atoms. The monoisotopic (exact) mass is 468 g/mol. The van der Waals surface area contributed by atoms with E-state index in [0.717, 1.165) is 22.9 Å². The molecule has 0 saturated carbocycles. The van der Waals surface area contributed by atoms with Gasteiger partial charge in [-0.2, -0.15) is 18.4 Å². The summed E-state index contributed by atoms with van der Waals surface area (Å²) >= 11 is 0.866. The Morgan fingerprint density at radius 1 is 1.12 bits per heavy atom. The molecule has 3 aromatic rings. The molecule has 2 aromatic carbocycles. The molecule has 168 valence electrons. The van der Waals surface area contributed by atoms with E-state index >= 15 is 0 Å². The number of thioether (sulfide) groups is 1. The minimum Gasteiger partial charge on any atom is -0.325 e. The van der Waals surface area contributed by atoms with Crippen LogP contribution in [-0.2, 0) is 30.2 Å². The van der Waals surface area contributed by atoms with Crippen molar-refractivity contribution >= 4 is 23.4 Å². The predicted octanol–water partition coefficient (Wildman–Crippen LogP) is 5.45. The molecule has 0 spiro atoms. The van der Waals surface area contributed by atoms with Gasteiger partial charge in [0.15, 0.2) is 10.9 Å². The third kappa shape index (κ3) is 5.34. The SMILES string of the molecule is N#CCCc1cccc(NC(=O)CSc2nc3c(c(C(F)(F)F)n2)CCc2ccccc2-3)c1. The highest BCUT2D eigenvalue weighted by Crippen LogP contribution is 2.40. The number of hydrogen-bond donors (Lipinski definition) is 1. The van der Waals surface area contributed by atoms with Crippen LogP contribution in [0, 0.1) is 11.3 Å². The van der Waals surface area contributed by atoms with Gasteiger partial charge in [-0.1, -0.05) is 48.2 Å². The first-order valence-electron chi connectivity index (χ1n) is 10.3. The van der Waals surface area contributed by atoms with Gasteiger partial charge in [0.2, 0.25) is 5.91 Å². The number of nitrogens with one attached hydrogen (secondary N) is 1. The third-order valence-corrected chi connectivity index (χ3v) is 6.09. The molecule has 4 rings (SSSR count). The highest BCUT2D eigenvalue weighted by Gasteiger charge is 2.38. The van der Waals surface area contributed by atoms with Crippen molar-refractivity contribution < 1.29 is 18.0 Å². The van der Waals surface area contributed by atoms with Gasteiger partial charge in [-0.15, -0.1) is 0 Å². The van der Waals surface area contributed by atoms with Gasteiger partial charge in [-0.05, 0) is 42.5 Å². The second kappa shape index (κ2) is 9.63. The van der Waals surface area contributed by atoms with Crippen LogP contribution in [0.2, 0.25) is 0 Å². The van der Waals surface area contributed by atoms with Gasteiger partial charge in [-0.3, -0.25) is 4.79 Å². The first-order chi connectivity index (χ1) is 15.8. The lowest BCUT2D eigenvalue weighted by molar-refractivity contribution is -0.142. The number of hydrogen-bond acceptors (Lipinski definition) is 5. The van der Waals surface area contributed by atoms with Crippen LogP contribution in [0.1, 0.15) is 28.8 Å². The molecule has 1 amide bonds.